The van der Waals surface area contributed by atoms with Gasteiger partial charge in [-0.2, -0.15) is 0 Å². The van der Waals surface area contributed by atoms with Gasteiger partial charge in [0.2, 0.25) is 0 Å². The molecule has 0 aliphatic carbocycles. The fourth-order valence-corrected chi connectivity index (χ4v) is 2.03. The number of hydrogen-bond donors (Lipinski definition) is 2. The third kappa shape index (κ3) is 3.95. The molecule has 0 atom stereocenters. The fourth-order valence-electron chi connectivity index (χ4n) is 2.03. The predicted molar refractivity (Wildman–Crippen MR) is 82.3 cm³/mol. The maximum Gasteiger partial charge on any atom is 0.257 e. The molecule has 21 heavy (non-hydrogen) atoms. The zero-order chi connectivity index (χ0) is 15.1. The second kappa shape index (κ2) is 7.28. The lowest BCUT2D eigenvalue weighted by Gasteiger charge is -2.12. The van der Waals surface area contributed by atoms with Crippen molar-refractivity contribution in [3.8, 4) is 5.75 Å². The predicted octanol–water partition coefficient (Wildman–Crippen LogP) is 2.04. The molecule has 0 saturated carbocycles. The molecule has 0 fully saturated rings. The number of nitrogens with two attached hydrogens (primary N) is 1. The molecule has 2 rings (SSSR count). The summed E-state index contributed by atoms with van der Waals surface area (Å²) in [4.78, 5) is 16.2. The number of amides is 1. The number of rotatable bonds is 6. The molecule has 0 saturated heterocycles. The Morgan fingerprint density at radius 3 is 2.76 bits per heavy atom. The van der Waals surface area contributed by atoms with Crippen LogP contribution in [0.15, 0.2) is 42.7 Å². The second-order valence-electron chi connectivity index (χ2n) is 4.51. The lowest BCUT2D eigenvalue weighted by Crippen LogP contribution is -2.27. The van der Waals surface area contributed by atoms with Crippen LogP contribution in [0.4, 0.5) is 5.69 Å². The minimum absolute atomic E-state index is 0.217. The number of hydrogen-bond acceptors (Lipinski definition) is 4. The first-order valence-corrected chi connectivity index (χ1v) is 6.90. The Bertz CT molecular complexity index is 600. The number of nitrogens with zero attached hydrogens (tertiary/aromatic N) is 1. The van der Waals surface area contributed by atoms with Crippen LogP contribution < -0.4 is 15.8 Å². The minimum atomic E-state index is -0.217. The van der Waals surface area contributed by atoms with Gasteiger partial charge in [0, 0.05) is 24.6 Å². The Morgan fingerprint density at radius 1 is 1.29 bits per heavy atom. The van der Waals surface area contributed by atoms with Crippen LogP contribution >= 0.6 is 0 Å². The minimum Gasteiger partial charge on any atom is -0.493 e. The number of carbonyl (C=O) groups excluding carboxylic acids is 1. The van der Waals surface area contributed by atoms with E-state index >= 15 is 0 Å². The maximum absolute atomic E-state index is 12.3. The van der Waals surface area contributed by atoms with E-state index in [-0.39, 0.29) is 5.91 Å². The van der Waals surface area contributed by atoms with Crippen molar-refractivity contribution in [2.75, 3.05) is 18.9 Å². The first kappa shape index (κ1) is 14.8. The Kier molecular flexibility index (Phi) is 5.15. The van der Waals surface area contributed by atoms with E-state index in [1.165, 1.54) is 0 Å². The number of aromatic nitrogens is 1. The topological polar surface area (TPSA) is 77.2 Å². The molecule has 0 bridgehead atoms. The fraction of sp³-hybridized carbons (Fsp3) is 0.250. The van der Waals surface area contributed by atoms with Gasteiger partial charge in [0.1, 0.15) is 11.3 Å². The van der Waals surface area contributed by atoms with Crippen molar-refractivity contribution in [1.29, 1.82) is 0 Å². The van der Waals surface area contributed by atoms with Crippen molar-refractivity contribution >= 4 is 11.6 Å². The van der Waals surface area contributed by atoms with Gasteiger partial charge in [-0.25, -0.2) is 0 Å². The largest absolute Gasteiger partial charge is 0.493 e. The molecular weight excluding hydrogens is 266 g/mol. The van der Waals surface area contributed by atoms with Crippen LogP contribution in [0.25, 0.3) is 0 Å². The van der Waals surface area contributed by atoms with E-state index in [4.69, 9.17) is 10.5 Å². The molecule has 0 aliphatic rings. The van der Waals surface area contributed by atoms with E-state index < -0.39 is 0 Å². The maximum atomic E-state index is 12.3. The number of anilines is 1. The molecule has 1 amide bonds. The average molecular weight is 285 g/mol. The van der Waals surface area contributed by atoms with Crippen molar-refractivity contribution in [2.45, 2.75) is 13.3 Å². The number of benzene rings is 1. The van der Waals surface area contributed by atoms with Gasteiger partial charge in [0.05, 0.1) is 6.61 Å². The number of nitrogen functional groups attached to an aromatic ring is 1. The smallest absolute Gasteiger partial charge is 0.257 e. The van der Waals surface area contributed by atoms with Crippen molar-refractivity contribution in [2.24, 2.45) is 0 Å². The van der Waals surface area contributed by atoms with Gasteiger partial charge in [-0.1, -0.05) is 6.07 Å². The zero-order valence-corrected chi connectivity index (χ0v) is 12.0. The summed E-state index contributed by atoms with van der Waals surface area (Å²) in [6.07, 6.45) is 4.21. The summed E-state index contributed by atoms with van der Waals surface area (Å²) in [5, 5.41) is 2.87. The van der Waals surface area contributed by atoms with Gasteiger partial charge in [0.25, 0.3) is 5.91 Å². The van der Waals surface area contributed by atoms with E-state index in [0.717, 1.165) is 12.0 Å². The molecule has 5 nitrogen and oxygen atoms in total. The van der Waals surface area contributed by atoms with Crippen LogP contribution in [-0.4, -0.2) is 24.0 Å². The molecule has 110 valence electrons. The number of nitrogens with one attached hydrogen (secondary N) is 1. The molecule has 3 N–H and O–H groups in total. The normalized spacial score (nSPS) is 10.1. The van der Waals surface area contributed by atoms with Crippen LogP contribution in [-0.2, 0) is 6.42 Å². The van der Waals surface area contributed by atoms with E-state index in [1.807, 2.05) is 19.1 Å². The van der Waals surface area contributed by atoms with Gasteiger partial charge in [-0.15, -0.1) is 0 Å². The number of pyridine rings is 1. The molecular formula is C16H19N3O2. The van der Waals surface area contributed by atoms with Gasteiger partial charge in [0.15, 0.2) is 0 Å². The summed E-state index contributed by atoms with van der Waals surface area (Å²) in [6, 6.07) is 9.06. The highest BCUT2D eigenvalue weighted by Gasteiger charge is 2.15. The summed E-state index contributed by atoms with van der Waals surface area (Å²) < 4.78 is 5.45. The van der Waals surface area contributed by atoms with Crippen LogP contribution in [0, 0.1) is 0 Å². The van der Waals surface area contributed by atoms with Gasteiger partial charge < -0.3 is 15.8 Å². The number of carbonyl (C=O) groups is 1. The second-order valence-corrected chi connectivity index (χ2v) is 4.51. The molecule has 1 aromatic carbocycles. The lowest BCUT2D eigenvalue weighted by atomic mass is 10.1. The Hall–Kier alpha value is -2.56. The number of ether oxygens (including phenoxy) is 1. The Labute approximate surface area is 124 Å². The van der Waals surface area contributed by atoms with Crippen molar-refractivity contribution < 1.29 is 9.53 Å². The summed E-state index contributed by atoms with van der Waals surface area (Å²) in [6.45, 7) is 2.89. The molecule has 5 heteroatoms. The van der Waals surface area contributed by atoms with Gasteiger partial charge in [-0.3, -0.25) is 9.78 Å². The monoisotopic (exact) mass is 285 g/mol. The van der Waals surface area contributed by atoms with Crippen LogP contribution in [0.1, 0.15) is 22.8 Å². The van der Waals surface area contributed by atoms with E-state index in [0.29, 0.717) is 30.2 Å². The van der Waals surface area contributed by atoms with Crippen LogP contribution in [0.2, 0.25) is 0 Å². The highest BCUT2D eigenvalue weighted by molar-refractivity contribution is 6.01. The third-order valence-corrected chi connectivity index (χ3v) is 3.03. The average Bonchev–Trinajstić information content (AvgIpc) is 2.48. The SMILES string of the molecule is CCOc1cccc(N)c1C(=O)NCCc1ccncc1. The first-order valence-electron chi connectivity index (χ1n) is 6.90. The van der Waals surface area contributed by atoms with Crippen LogP contribution in [0.3, 0.4) is 0 Å². The Balaban J connectivity index is 2.00. The quantitative estimate of drug-likeness (QED) is 0.796. The van der Waals surface area contributed by atoms with Crippen molar-refractivity contribution in [3.63, 3.8) is 0 Å². The van der Waals surface area contributed by atoms with E-state index in [1.54, 1.807) is 30.6 Å². The van der Waals surface area contributed by atoms with Gasteiger partial charge in [-0.05, 0) is 43.2 Å². The summed E-state index contributed by atoms with van der Waals surface area (Å²) in [5.74, 6) is 0.296. The summed E-state index contributed by atoms with van der Waals surface area (Å²) >= 11 is 0. The molecule has 0 radical (unpaired) electrons. The molecule has 0 spiro atoms. The highest BCUT2D eigenvalue weighted by Crippen LogP contribution is 2.24. The summed E-state index contributed by atoms with van der Waals surface area (Å²) in [5.41, 5.74) is 7.82. The molecule has 2 aromatic rings. The van der Waals surface area contributed by atoms with E-state index in [2.05, 4.69) is 10.3 Å². The third-order valence-electron chi connectivity index (χ3n) is 3.03. The summed E-state index contributed by atoms with van der Waals surface area (Å²) in [7, 11) is 0. The standard InChI is InChI=1S/C16H19N3O2/c1-2-21-14-5-3-4-13(17)15(14)16(20)19-11-8-12-6-9-18-10-7-12/h3-7,9-10H,2,8,11,17H2,1H3,(H,19,20). The first-order chi connectivity index (χ1) is 10.2. The van der Waals surface area contributed by atoms with Gasteiger partial charge >= 0.3 is 0 Å². The molecule has 1 heterocycles. The molecule has 0 aliphatic heterocycles. The highest BCUT2D eigenvalue weighted by atomic mass is 16.5. The molecule has 0 unspecified atom stereocenters. The van der Waals surface area contributed by atoms with Crippen molar-refractivity contribution in [3.05, 3.63) is 53.9 Å². The van der Waals surface area contributed by atoms with Crippen LogP contribution in [0.5, 0.6) is 5.75 Å². The Morgan fingerprint density at radius 2 is 2.05 bits per heavy atom. The van der Waals surface area contributed by atoms with E-state index in [9.17, 15) is 4.79 Å². The zero-order valence-electron chi connectivity index (χ0n) is 12.0. The van der Waals surface area contributed by atoms with Crippen molar-refractivity contribution in [1.82, 2.24) is 10.3 Å². The lowest BCUT2D eigenvalue weighted by molar-refractivity contribution is 0.0951. The molecule has 1 aromatic heterocycles.